The van der Waals surface area contributed by atoms with Crippen LogP contribution in [0.4, 0.5) is 35.4 Å². The van der Waals surface area contributed by atoms with Gasteiger partial charge in [0.1, 0.15) is 11.9 Å². The molecule has 34 heavy (non-hydrogen) atoms. The highest BCUT2D eigenvalue weighted by Gasteiger charge is 2.33. The fourth-order valence-electron chi connectivity index (χ4n) is 3.89. The molecule has 11 nitrogen and oxygen atoms in total. The molecule has 3 heterocycles. The monoisotopic (exact) mass is 493 g/mol. The Morgan fingerprint density at radius 3 is 2.65 bits per heavy atom. The van der Waals surface area contributed by atoms with Crippen LogP contribution in [0, 0.1) is 15.9 Å². The van der Waals surface area contributed by atoms with Crippen molar-refractivity contribution < 1.29 is 28.4 Å². The summed E-state index contributed by atoms with van der Waals surface area (Å²) in [6.45, 7) is 4.50. The Balaban J connectivity index is 1.35. The number of piperazine rings is 1. The van der Waals surface area contributed by atoms with Crippen molar-refractivity contribution in [2.75, 3.05) is 60.6 Å². The molecule has 1 aromatic heterocycles. The topological polar surface area (TPSA) is 117 Å². The number of amides is 2. The van der Waals surface area contributed by atoms with Gasteiger partial charge in [0.25, 0.3) is 0 Å². The van der Waals surface area contributed by atoms with E-state index in [4.69, 9.17) is 9.47 Å². The number of nitrogens with one attached hydrogen (secondary N) is 1. The third kappa shape index (κ3) is 5.14. The SMILES string of the molecule is CCOC(=O)NC[C@H]1CN(c2ccc(N3CCN(c4ccc([N+](=O)[O-])s4)CC3)c(F)c2)C(=O)O1. The van der Waals surface area contributed by atoms with Gasteiger partial charge in [0.2, 0.25) is 0 Å². The number of hydrogen-bond donors (Lipinski definition) is 1. The maximum atomic E-state index is 15.0. The van der Waals surface area contributed by atoms with E-state index in [1.54, 1.807) is 25.1 Å². The van der Waals surface area contributed by atoms with E-state index < -0.39 is 29.0 Å². The van der Waals surface area contributed by atoms with Crippen LogP contribution in [0.15, 0.2) is 30.3 Å². The molecule has 2 aliphatic rings. The molecule has 2 aliphatic heterocycles. The lowest BCUT2D eigenvalue weighted by Gasteiger charge is -2.36. The summed E-state index contributed by atoms with van der Waals surface area (Å²) in [6, 6.07) is 7.82. The van der Waals surface area contributed by atoms with Crippen molar-refractivity contribution in [1.29, 1.82) is 0 Å². The molecule has 2 aromatic rings. The number of hydrogen-bond acceptors (Lipinski definition) is 9. The second-order valence-electron chi connectivity index (χ2n) is 7.70. The van der Waals surface area contributed by atoms with Crippen molar-refractivity contribution in [3.8, 4) is 0 Å². The van der Waals surface area contributed by atoms with Crippen LogP contribution in [0.1, 0.15) is 6.92 Å². The Bertz CT molecular complexity index is 1070. The summed E-state index contributed by atoms with van der Waals surface area (Å²) in [5.74, 6) is -0.460. The van der Waals surface area contributed by atoms with Gasteiger partial charge in [-0.1, -0.05) is 0 Å². The highest BCUT2D eigenvalue weighted by Crippen LogP contribution is 2.33. The molecule has 1 atom stereocenters. The van der Waals surface area contributed by atoms with Crippen LogP contribution >= 0.6 is 11.3 Å². The van der Waals surface area contributed by atoms with E-state index >= 15 is 0 Å². The number of nitro groups is 1. The molecule has 1 N–H and O–H groups in total. The largest absolute Gasteiger partial charge is 0.450 e. The van der Waals surface area contributed by atoms with E-state index in [1.807, 2.05) is 9.80 Å². The van der Waals surface area contributed by atoms with Crippen LogP contribution in [-0.2, 0) is 9.47 Å². The summed E-state index contributed by atoms with van der Waals surface area (Å²) >= 11 is 1.13. The van der Waals surface area contributed by atoms with Gasteiger partial charge in [0, 0.05) is 32.2 Å². The molecule has 2 fully saturated rings. The number of thiophene rings is 1. The minimum Gasteiger partial charge on any atom is -0.450 e. The zero-order valence-corrected chi connectivity index (χ0v) is 19.3. The molecule has 0 aliphatic carbocycles. The first-order valence-corrected chi connectivity index (χ1v) is 11.6. The fourth-order valence-corrected chi connectivity index (χ4v) is 4.76. The number of anilines is 3. The normalized spacial score (nSPS) is 18.1. The number of carbonyl (C=O) groups is 2. The van der Waals surface area contributed by atoms with E-state index in [0.29, 0.717) is 37.6 Å². The predicted molar refractivity (Wildman–Crippen MR) is 124 cm³/mol. The Morgan fingerprint density at radius 1 is 1.26 bits per heavy atom. The summed E-state index contributed by atoms with van der Waals surface area (Å²) in [5, 5.41) is 14.3. The highest BCUT2D eigenvalue weighted by atomic mass is 32.1. The van der Waals surface area contributed by atoms with Crippen molar-refractivity contribution >= 4 is 44.9 Å². The van der Waals surface area contributed by atoms with Gasteiger partial charge in [-0.25, -0.2) is 14.0 Å². The predicted octanol–water partition coefficient (Wildman–Crippen LogP) is 3.19. The lowest BCUT2D eigenvalue weighted by molar-refractivity contribution is -0.380. The van der Waals surface area contributed by atoms with Crippen molar-refractivity contribution in [2.45, 2.75) is 13.0 Å². The van der Waals surface area contributed by atoms with E-state index in [1.165, 1.54) is 17.0 Å². The minimum absolute atomic E-state index is 0.0958. The third-order valence-electron chi connectivity index (χ3n) is 5.56. The quantitative estimate of drug-likeness (QED) is 0.462. The average Bonchev–Trinajstić information content (AvgIpc) is 3.45. The van der Waals surface area contributed by atoms with Gasteiger partial charge in [0.15, 0.2) is 0 Å². The summed E-state index contributed by atoms with van der Waals surface area (Å²) in [4.78, 5) is 39.5. The zero-order chi connectivity index (χ0) is 24.2. The molecule has 1 aromatic carbocycles. The Morgan fingerprint density at radius 2 is 2.00 bits per heavy atom. The Hall–Kier alpha value is -3.61. The van der Waals surface area contributed by atoms with Gasteiger partial charge in [-0.05, 0) is 42.5 Å². The number of cyclic esters (lactones) is 1. The van der Waals surface area contributed by atoms with Crippen molar-refractivity contribution in [1.82, 2.24) is 5.32 Å². The molecule has 13 heteroatoms. The van der Waals surface area contributed by atoms with Gasteiger partial charge in [-0.3, -0.25) is 15.0 Å². The first kappa shape index (κ1) is 23.5. The first-order valence-electron chi connectivity index (χ1n) is 10.8. The Labute approximate surface area is 198 Å². The van der Waals surface area contributed by atoms with Crippen LogP contribution in [0.2, 0.25) is 0 Å². The van der Waals surface area contributed by atoms with Crippen LogP contribution < -0.4 is 20.0 Å². The zero-order valence-electron chi connectivity index (χ0n) is 18.4. The lowest BCUT2D eigenvalue weighted by Crippen LogP contribution is -2.46. The maximum Gasteiger partial charge on any atom is 0.414 e. The molecule has 0 radical (unpaired) electrons. The number of benzene rings is 1. The molecule has 2 saturated heterocycles. The smallest absolute Gasteiger partial charge is 0.414 e. The summed E-state index contributed by atoms with van der Waals surface area (Å²) in [5.41, 5.74) is 0.795. The molecule has 2 amide bonds. The summed E-state index contributed by atoms with van der Waals surface area (Å²) < 4.78 is 25.0. The van der Waals surface area contributed by atoms with Crippen LogP contribution in [-0.4, -0.2) is 69.1 Å². The van der Waals surface area contributed by atoms with Crippen molar-refractivity contribution in [3.63, 3.8) is 0 Å². The fraction of sp³-hybridized carbons (Fsp3) is 0.429. The molecule has 4 rings (SSSR count). The molecule has 0 unspecified atom stereocenters. The summed E-state index contributed by atoms with van der Waals surface area (Å²) in [7, 11) is 0. The highest BCUT2D eigenvalue weighted by molar-refractivity contribution is 7.19. The molecule has 0 spiro atoms. The van der Waals surface area contributed by atoms with Crippen molar-refractivity contribution in [3.05, 3.63) is 46.3 Å². The minimum atomic E-state index is -0.610. The van der Waals surface area contributed by atoms with Gasteiger partial charge >= 0.3 is 17.2 Å². The van der Waals surface area contributed by atoms with Gasteiger partial charge in [0.05, 0.1) is 41.0 Å². The second-order valence-corrected chi connectivity index (χ2v) is 8.74. The average molecular weight is 494 g/mol. The Kier molecular flexibility index (Phi) is 7.01. The van der Waals surface area contributed by atoms with Crippen LogP contribution in [0.25, 0.3) is 0 Å². The van der Waals surface area contributed by atoms with Crippen LogP contribution in [0.3, 0.4) is 0 Å². The third-order valence-corrected chi connectivity index (χ3v) is 6.65. The molecule has 0 bridgehead atoms. The number of nitrogens with zero attached hydrogens (tertiary/aromatic N) is 4. The van der Waals surface area contributed by atoms with E-state index in [0.717, 1.165) is 16.3 Å². The number of halogens is 1. The number of alkyl carbamates (subject to hydrolysis) is 1. The van der Waals surface area contributed by atoms with Crippen LogP contribution in [0.5, 0.6) is 0 Å². The van der Waals surface area contributed by atoms with Gasteiger partial charge in [-0.15, -0.1) is 0 Å². The molecule has 0 saturated carbocycles. The van der Waals surface area contributed by atoms with E-state index in [2.05, 4.69) is 5.32 Å². The molecular weight excluding hydrogens is 469 g/mol. The van der Waals surface area contributed by atoms with E-state index in [9.17, 15) is 24.1 Å². The van der Waals surface area contributed by atoms with Gasteiger partial charge < -0.3 is 24.6 Å². The second kappa shape index (κ2) is 10.1. The standard InChI is InChI=1S/C21H24FN5O6S/c1-2-32-20(28)23-12-15-13-26(21(29)33-15)14-3-4-17(16(22)11-14)24-7-9-25(10-8-24)18-5-6-19(34-18)27(30)31/h3-6,11,15H,2,7-10,12-13H2,1H3,(H,23,28)/t15-/m0/s1. The number of rotatable bonds is 7. The van der Waals surface area contributed by atoms with E-state index in [-0.39, 0.29) is 24.7 Å². The van der Waals surface area contributed by atoms with Crippen molar-refractivity contribution in [2.24, 2.45) is 0 Å². The number of carbonyl (C=O) groups excluding carboxylic acids is 2. The molecule has 182 valence electrons. The first-order chi connectivity index (χ1) is 16.4. The summed E-state index contributed by atoms with van der Waals surface area (Å²) in [6.07, 6.45) is -1.77. The molecular formula is C21H24FN5O6S. The maximum absolute atomic E-state index is 15.0. The van der Waals surface area contributed by atoms with Gasteiger partial charge in [-0.2, -0.15) is 0 Å². The number of ether oxygens (including phenoxy) is 2. The lowest BCUT2D eigenvalue weighted by atomic mass is 10.2.